The van der Waals surface area contributed by atoms with Crippen LogP contribution in [-0.2, 0) is 10.5 Å². The van der Waals surface area contributed by atoms with E-state index in [1.54, 1.807) is 18.0 Å². The molecule has 0 spiro atoms. The molecule has 6 heteroatoms. The van der Waals surface area contributed by atoms with Crippen LogP contribution in [-0.4, -0.2) is 21.9 Å². The number of amides is 1. The summed E-state index contributed by atoms with van der Waals surface area (Å²) in [5, 5.41) is 4.00. The van der Waals surface area contributed by atoms with Gasteiger partial charge in [0.25, 0.3) is 5.91 Å². The first kappa shape index (κ1) is 21.4. The molecule has 1 atom stereocenters. The van der Waals surface area contributed by atoms with Gasteiger partial charge < -0.3 is 4.57 Å². The van der Waals surface area contributed by atoms with Crippen molar-refractivity contribution in [3.05, 3.63) is 87.7 Å². The van der Waals surface area contributed by atoms with E-state index >= 15 is 0 Å². The number of aromatic nitrogens is 1. The highest BCUT2D eigenvalue weighted by Crippen LogP contribution is 2.21. The molecule has 1 heterocycles. The summed E-state index contributed by atoms with van der Waals surface area (Å²) in [6.45, 7) is 6.02. The Morgan fingerprint density at radius 3 is 2.55 bits per heavy atom. The number of hydrogen-bond acceptors (Lipinski definition) is 3. The lowest BCUT2D eigenvalue weighted by Crippen LogP contribution is -2.27. The highest BCUT2D eigenvalue weighted by molar-refractivity contribution is 9.10. The van der Waals surface area contributed by atoms with Gasteiger partial charge in [0.05, 0.1) is 11.5 Å². The van der Waals surface area contributed by atoms with Crippen LogP contribution in [0, 0.1) is 13.8 Å². The van der Waals surface area contributed by atoms with Crippen LogP contribution in [0.1, 0.15) is 29.4 Å². The van der Waals surface area contributed by atoms with E-state index in [1.165, 1.54) is 5.56 Å². The molecule has 4 nitrogen and oxygen atoms in total. The molecule has 1 unspecified atom stereocenters. The van der Waals surface area contributed by atoms with Gasteiger partial charge in [-0.15, -0.1) is 11.8 Å². The third-order valence-electron chi connectivity index (χ3n) is 4.65. The Morgan fingerprint density at radius 2 is 1.86 bits per heavy atom. The number of carbonyl (C=O) groups is 1. The summed E-state index contributed by atoms with van der Waals surface area (Å²) in [6.07, 6.45) is 1.71. The smallest absolute Gasteiger partial charge is 0.252 e. The molecule has 150 valence electrons. The summed E-state index contributed by atoms with van der Waals surface area (Å²) in [6, 6.07) is 20.4. The summed E-state index contributed by atoms with van der Waals surface area (Å²) in [7, 11) is 0. The molecule has 3 aromatic rings. The van der Waals surface area contributed by atoms with Gasteiger partial charge in [-0.25, -0.2) is 5.43 Å². The predicted octanol–water partition coefficient (Wildman–Crippen LogP) is 5.63. The maximum absolute atomic E-state index is 12.3. The Hall–Kier alpha value is -2.31. The van der Waals surface area contributed by atoms with Crippen molar-refractivity contribution in [1.29, 1.82) is 0 Å². The summed E-state index contributed by atoms with van der Waals surface area (Å²) in [5.74, 6) is 0.705. The van der Waals surface area contributed by atoms with Crippen LogP contribution in [0.2, 0.25) is 0 Å². The molecule has 3 rings (SSSR count). The van der Waals surface area contributed by atoms with Gasteiger partial charge in [-0.2, -0.15) is 5.10 Å². The fourth-order valence-electron chi connectivity index (χ4n) is 3.03. The van der Waals surface area contributed by atoms with Crippen molar-refractivity contribution in [1.82, 2.24) is 9.99 Å². The van der Waals surface area contributed by atoms with E-state index in [1.807, 2.05) is 37.3 Å². The number of thioether (sulfide) groups is 1. The zero-order valence-corrected chi connectivity index (χ0v) is 19.1. The van der Waals surface area contributed by atoms with Gasteiger partial charge in [0.1, 0.15) is 0 Å². The molecule has 1 aromatic heterocycles. The van der Waals surface area contributed by atoms with Crippen molar-refractivity contribution in [2.45, 2.75) is 31.8 Å². The number of halogens is 1. The number of nitrogens with zero attached hydrogens (tertiary/aromatic N) is 2. The minimum absolute atomic E-state index is 0.0936. The number of rotatable bonds is 7. The maximum Gasteiger partial charge on any atom is 0.252 e. The van der Waals surface area contributed by atoms with Crippen molar-refractivity contribution in [2.75, 3.05) is 0 Å². The Balaban J connectivity index is 1.60. The van der Waals surface area contributed by atoms with Crippen molar-refractivity contribution < 1.29 is 4.79 Å². The molecular formula is C23H24BrN3OS. The Bertz CT molecular complexity index is 997. The van der Waals surface area contributed by atoms with Crippen molar-refractivity contribution in [3.8, 4) is 5.69 Å². The van der Waals surface area contributed by atoms with Crippen molar-refractivity contribution in [2.24, 2.45) is 5.10 Å². The fourth-order valence-corrected chi connectivity index (χ4v) is 4.14. The third kappa shape index (κ3) is 5.61. The van der Waals surface area contributed by atoms with Gasteiger partial charge in [0.15, 0.2) is 0 Å². The average Bonchev–Trinajstić information content (AvgIpc) is 3.01. The van der Waals surface area contributed by atoms with Crippen LogP contribution in [0.25, 0.3) is 5.69 Å². The largest absolute Gasteiger partial charge is 0.318 e. The molecule has 0 saturated heterocycles. The third-order valence-corrected chi connectivity index (χ3v) is 6.39. The molecular weight excluding hydrogens is 446 g/mol. The Morgan fingerprint density at radius 1 is 1.17 bits per heavy atom. The second kappa shape index (κ2) is 9.94. The molecule has 0 radical (unpaired) electrons. The number of hydrazone groups is 1. The minimum Gasteiger partial charge on any atom is -0.318 e. The Kier molecular flexibility index (Phi) is 7.34. The zero-order valence-electron chi connectivity index (χ0n) is 16.7. The first-order valence-corrected chi connectivity index (χ1v) is 11.2. The number of benzene rings is 2. The zero-order chi connectivity index (χ0) is 20.8. The van der Waals surface area contributed by atoms with E-state index in [-0.39, 0.29) is 11.2 Å². The van der Waals surface area contributed by atoms with Gasteiger partial charge >= 0.3 is 0 Å². The molecule has 0 saturated carbocycles. The second-order valence-corrected chi connectivity index (χ2v) is 9.06. The average molecular weight is 470 g/mol. The lowest BCUT2D eigenvalue weighted by Gasteiger charge is -2.10. The SMILES string of the molecule is Cc1cc(/C=N/NC(=O)C(C)SCc2ccccc2)c(C)n1-c1ccc(Br)cc1. The van der Waals surface area contributed by atoms with E-state index in [4.69, 9.17) is 0 Å². The minimum atomic E-state index is -0.178. The second-order valence-electron chi connectivity index (χ2n) is 6.81. The molecule has 0 aliphatic carbocycles. The van der Waals surface area contributed by atoms with Gasteiger partial charge in [-0.05, 0) is 56.7 Å². The maximum atomic E-state index is 12.3. The summed E-state index contributed by atoms with van der Waals surface area (Å²) >= 11 is 5.07. The van der Waals surface area contributed by atoms with Crippen molar-refractivity contribution >= 4 is 39.8 Å². The number of carbonyl (C=O) groups excluding carboxylic acids is 1. The normalized spacial score (nSPS) is 12.3. The Labute approximate surface area is 184 Å². The van der Waals surface area contributed by atoms with E-state index in [2.05, 4.69) is 75.2 Å². The van der Waals surface area contributed by atoms with Crippen LogP contribution in [0.3, 0.4) is 0 Å². The first-order chi connectivity index (χ1) is 14.0. The lowest BCUT2D eigenvalue weighted by molar-refractivity contribution is -0.120. The number of hydrogen-bond donors (Lipinski definition) is 1. The van der Waals surface area contributed by atoms with Gasteiger partial charge in [0, 0.05) is 32.9 Å². The van der Waals surface area contributed by atoms with Gasteiger partial charge in [-0.1, -0.05) is 46.3 Å². The van der Waals surface area contributed by atoms with E-state index in [0.29, 0.717) is 0 Å². The predicted molar refractivity (Wildman–Crippen MR) is 126 cm³/mol. The summed E-state index contributed by atoms with van der Waals surface area (Å²) in [4.78, 5) is 12.3. The molecule has 0 aliphatic rings. The molecule has 0 aliphatic heterocycles. The molecule has 1 amide bonds. The quantitative estimate of drug-likeness (QED) is 0.360. The van der Waals surface area contributed by atoms with Crippen molar-refractivity contribution in [3.63, 3.8) is 0 Å². The topological polar surface area (TPSA) is 46.4 Å². The molecule has 2 aromatic carbocycles. The highest BCUT2D eigenvalue weighted by atomic mass is 79.9. The molecule has 1 N–H and O–H groups in total. The summed E-state index contributed by atoms with van der Waals surface area (Å²) < 4.78 is 3.22. The van der Waals surface area contributed by atoms with Crippen LogP contribution in [0.15, 0.2) is 70.2 Å². The first-order valence-electron chi connectivity index (χ1n) is 9.39. The number of aryl methyl sites for hydroxylation is 1. The van der Waals surface area contributed by atoms with E-state index in [0.717, 1.165) is 32.9 Å². The van der Waals surface area contributed by atoms with Crippen LogP contribution < -0.4 is 5.43 Å². The standard InChI is InChI=1S/C23H24BrN3OS/c1-16-13-20(17(2)27(16)22-11-9-21(24)10-12-22)14-25-26-23(28)18(3)29-15-19-7-5-4-6-8-19/h4-14,18H,15H2,1-3H3,(H,26,28)/b25-14+. The monoisotopic (exact) mass is 469 g/mol. The lowest BCUT2D eigenvalue weighted by atomic mass is 10.2. The molecule has 0 fully saturated rings. The van der Waals surface area contributed by atoms with E-state index < -0.39 is 0 Å². The molecule has 29 heavy (non-hydrogen) atoms. The highest BCUT2D eigenvalue weighted by Gasteiger charge is 2.13. The van der Waals surface area contributed by atoms with E-state index in [9.17, 15) is 4.79 Å². The van der Waals surface area contributed by atoms with Crippen LogP contribution >= 0.6 is 27.7 Å². The van der Waals surface area contributed by atoms with Gasteiger partial charge in [0.2, 0.25) is 0 Å². The summed E-state index contributed by atoms with van der Waals surface area (Å²) in [5.41, 5.74) is 8.14. The molecule has 0 bridgehead atoms. The number of nitrogens with one attached hydrogen (secondary N) is 1. The fraction of sp³-hybridized carbons (Fsp3) is 0.217. The van der Waals surface area contributed by atoms with Crippen LogP contribution in [0.5, 0.6) is 0 Å². The van der Waals surface area contributed by atoms with Gasteiger partial charge in [-0.3, -0.25) is 4.79 Å². The van der Waals surface area contributed by atoms with Crippen LogP contribution in [0.4, 0.5) is 0 Å².